The molecule has 3 nitrogen and oxygen atoms in total. The molecule has 0 heterocycles. The van der Waals surface area contributed by atoms with Gasteiger partial charge in [0.25, 0.3) is 0 Å². The smallest absolute Gasteiger partial charge is 0.358 e. The van der Waals surface area contributed by atoms with Gasteiger partial charge in [-0.15, -0.1) is 0 Å². The van der Waals surface area contributed by atoms with Gasteiger partial charge >= 0.3 is 12.4 Å². The van der Waals surface area contributed by atoms with Crippen molar-refractivity contribution in [2.75, 3.05) is 7.05 Å². The lowest BCUT2D eigenvalue weighted by atomic mass is 9.95. The van der Waals surface area contributed by atoms with Crippen molar-refractivity contribution in [3.05, 3.63) is 107 Å². The van der Waals surface area contributed by atoms with Crippen molar-refractivity contribution in [2.45, 2.75) is 37.3 Å². The summed E-state index contributed by atoms with van der Waals surface area (Å²) in [4.78, 5) is 12.7. The molecule has 0 spiro atoms. The van der Waals surface area contributed by atoms with Crippen LogP contribution in [0.3, 0.4) is 0 Å². The number of carbonyl (C=O) groups excluding carboxylic acids is 1. The lowest BCUT2D eigenvalue weighted by molar-refractivity contribution is -0.138. The molecule has 0 aliphatic heterocycles. The van der Waals surface area contributed by atoms with E-state index in [1.54, 1.807) is 30.3 Å². The van der Waals surface area contributed by atoms with E-state index in [2.05, 4.69) is 10.6 Å². The number of halogens is 6. The first-order valence-electron chi connectivity index (χ1n) is 10.8. The molecule has 1 amide bonds. The van der Waals surface area contributed by atoms with E-state index in [1.165, 1.54) is 31.3 Å². The number of benzene rings is 3. The Morgan fingerprint density at radius 1 is 0.771 bits per heavy atom. The molecule has 0 saturated carbocycles. The molecular weight excluding hydrogens is 470 g/mol. The van der Waals surface area contributed by atoms with E-state index in [9.17, 15) is 31.1 Å². The van der Waals surface area contributed by atoms with Crippen molar-refractivity contribution in [3.63, 3.8) is 0 Å². The highest BCUT2D eigenvalue weighted by Gasteiger charge is 2.32. The SMILES string of the molecule is CNC(=O)C(N[C@H](CCc1ccc(C(F)(F)F)cc1)c1cccc(C(F)(F)F)c1)c1ccccc1. The number of nitrogens with one attached hydrogen (secondary N) is 2. The maximum Gasteiger partial charge on any atom is 0.416 e. The van der Waals surface area contributed by atoms with E-state index in [0.29, 0.717) is 16.7 Å². The Morgan fingerprint density at radius 3 is 1.94 bits per heavy atom. The predicted molar refractivity (Wildman–Crippen MR) is 120 cm³/mol. The predicted octanol–water partition coefficient (Wildman–Crippen LogP) is 6.48. The first-order valence-corrected chi connectivity index (χ1v) is 10.8. The molecule has 0 aliphatic carbocycles. The Balaban J connectivity index is 1.92. The van der Waals surface area contributed by atoms with Gasteiger partial charge in [-0.2, -0.15) is 26.3 Å². The van der Waals surface area contributed by atoms with Crippen molar-refractivity contribution in [3.8, 4) is 0 Å². The van der Waals surface area contributed by atoms with Crippen LogP contribution in [0.1, 0.15) is 46.3 Å². The second-order valence-corrected chi connectivity index (χ2v) is 8.03. The minimum Gasteiger partial charge on any atom is -0.358 e. The van der Waals surface area contributed by atoms with Crippen LogP contribution in [0.5, 0.6) is 0 Å². The first kappa shape index (κ1) is 26.3. The van der Waals surface area contributed by atoms with Crippen molar-refractivity contribution < 1.29 is 31.1 Å². The molecule has 0 aromatic heterocycles. The molecule has 186 valence electrons. The molecule has 0 saturated heterocycles. The molecule has 3 aromatic carbocycles. The van der Waals surface area contributed by atoms with Crippen molar-refractivity contribution in [1.82, 2.24) is 10.6 Å². The summed E-state index contributed by atoms with van der Waals surface area (Å²) in [6.45, 7) is 0. The standard InChI is InChI=1S/C26H24F6N2O/c1-33-24(35)23(18-6-3-2-4-7-18)34-22(19-8-5-9-21(16-19)26(30,31)32)15-12-17-10-13-20(14-11-17)25(27,28)29/h2-11,13-14,16,22-23,34H,12,15H2,1H3,(H,33,35)/t22-,23?/m1/s1. The van der Waals surface area contributed by atoms with E-state index in [4.69, 9.17) is 0 Å². The van der Waals surface area contributed by atoms with Crippen LogP contribution >= 0.6 is 0 Å². The van der Waals surface area contributed by atoms with E-state index < -0.39 is 35.6 Å². The minimum absolute atomic E-state index is 0.243. The summed E-state index contributed by atoms with van der Waals surface area (Å²) in [5, 5.41) is 5.72. The molecule has 3 rings (SSSR count). The third-order valence-electron chi connectivity index (χ3n) is 5.63. The van der Waals surface area contributed by atoms with Crippen LogP contribution in [0.2, 0.25) is 0 Å². The van der Waals surface area contributed by atoms with E-state index in [0.717, 1.165) is 24.3 Å². The van der Waals surface area contributed by atoms with E-state index in [-0.39, 0.29) is 18.7 Å². The van der Waals surface area contributed by atoms with Crippen LogP contribution in [0.15, 0.2) is 78.9 Å². The maximum absolute atomic E-state index is 13.4. The van der Waals surface area contributed by atoms with Gasteiger partial charge in [0.05, 0.1) is 11.1 Å². The third kappa shape index (κ3) is 7.08. The average molecular weight is 494 g/mol. The number of aryl methyl sites for hydroxylation is 1. The number of alkyl halides is 6. The summed E-state index contributed by atoms with van der Waals surface area (Å²) in [6, 6.07) is 16.6. The molecule has 2 atom stereocenters. The van der Waals surface area contributed by atoms with Gasteiger partial charge in [-0.25, -0.2) is 0 Å². The molecule has 2 N–H and O–H groups in total. The fourth-order valence-electron chi connectivity index (χ4n) is 3.76. The van der Waals surface area contributed by atoms with Crippen LogP contribution < -0.4 is 10.6 Å². The van der Waals surface area contributed by atoms with Gasteiger partial charge in [-0.1, -0.05) is 54.6 Å². The van der Waals surface area contributed by atoms with Gasteiger partial charge in [-0.3, -0.25) is 10.1 Å². The van der Waals surface area contributed by atoms with E-state index >= 15 is 0 Å². The number of hydrogen-bond acceptors (Lipinski definition) is 2. The zero-order chi connectivity index (χ0) is 25.6. The summed E-state index contributed by atoms with van der Waals surface area (Å²) >= 11 is 0. The topological polar surface area (TPSA) is 41.1 Å². The number of amides is 1. The highest BCUT2D eigenvalue weighted by Crippen LogP contribution is 2.33. The quantitative estimate of drug-likeness (QED) is 0.352. The highest BCUT2D eigenvalue weighted by molar-refractivity contribution is 5.83. The number of hydrogen-bond donors (Lipinski definition) is 2. The molecule has 1 unspecified atom stereocenters. The van der Waals surface area contributed by atoms with Crippen LogP contribution in [0.25, 0.3) is 0 Å². The monoisotopic (exact) mass is 494 g/mol. The van der Waals surface area contributed by atoms with Gasteiger partial charge in [0, 0.05) is 13.1 Å². The Labute approximate surface area is 199 Å². The summed E-state index contributed by atoms with van der Waals surface area (Å²) < 4.78 is 78.6. The van der Waals surface area contributed by atoms with Crippen molar-refractivity contribution in [1.29, 1.82) is 0 Å². The molecule has 35 heavy (non-hydrogen) atoms. The second kappa shape index (κ2) is 10.9. The van der Waals surface area contributed by atoms with Crippen LogP contribution in [0, 0.1) is 0 Å². The third-order valence-corrected chi connectivity index (χ3v) is 5.63. The van der Waals surface area contributed by atoms with Crippen molar-refractivity contribution >= 4 is 5.91 Å². The maximum atomic E-state index is 13.4. The van der Waals surface area contributed by atoms with Gasteiger partial charge in [0.2, 0.25) is 5.91 Å². The first-order chi connectivity index (χ1) is 16.5. The molecule has 3 aromatic rings. The molecule has 0 fully saturated rings. The van der Waals surface area contributed by atoms with Crippen LogP contribution in [-0.2, 0) is 23.6 Å². The largest absolute Gasteiger partial charge is 0.416 e. The lowest BCUT2D eigenvalue weighted by Gasteiger charge is -2.26. The Kier molecular flexibility index (Phi) is 8.22. The summed E-state index contributed by atoms with van der Waals surface area (Å²) in [7, 11) is 1.46. The van der Waals surface area contributed by atoms with Crippen LogP contribution in [-0.4, -0.2) is 13.0 Å². The number of rotatable bonds is 8. The molecule has 0 aliphatic rings. The normalized spacial score (nSPS) is 13.8. The average Bonchev–Trinajstić information content (AvgIpc) is 2.83. The summed E-state index contributed by atoms with van der Waals surface area (Å²) in [5.74, 6) is -0.372. The van der Waals surface area contributed by atoms with Gasteiger partial charge in [0.1, 0.15) is 6.04 Å². The summed E-state index contributed by atoms with van der Waals surface area (Å²) in [6.07, 6.45) is -8.49. The zero-order valence-electron chi connectivity index (χ0n) is 18.8. The van der Waals surface area contributed by atoms with Gasteiger partial charge in [-0.05, 0) is 53.8 Å². The van der Waals surface area contributed by atoms with E-state index in [1.807, 2.05) is 0 Å². The molecular formula is C26H24F6N2O. The lowest BCUT2D eigenvalue weighted by Crippen LogP contribution is -2.38. The number of carbonyl (C=O) groups is 1. The summed E-state index contributed by atoms with van der Waals surface area (Å²) in [5.41, 5.74) is -0.0759. The fourth-order valence-corrected chi connectivity index (χ4v) is 3.76. The highest BCUT2D eigenvalue weighted by atomic mass is 19.4. The minimum atomic E-state index is -4.55. The molecule has 0 bridgehead atoms. The fraction of sp³-hybridized carbons (Fsp3) is 0.269. The zero-order valence-corrected chi connectivity index (χ0v) is 18.8. The molecule has 9 heteroatoms. The number of likely N-dealkylation sites (N-methyl/N-ethyl adjacent to an activating group) is 1. The second-order valence-electron chi connectivity index (χ2n) is 8.03. The van der Waals surface area contributed by atoms with Gasteiger partial charge in [0.15, 0.2) is 0 Å². The Bertz CT molecular complexity index is 1110. The van der Waals surface area contributed by atoms with Crippen molar-refractivity contribution in [2.24, 2.45) is 0 Å². The Morgan fingerprint density at radius 2 is 1.37 bits per heavy atom. The van der Waals surface area contributed by atoms with Crippen LogP contribution in [0.4, 0.5) is 26.3 Å². The Hall–Kier alpha value is -3.33. The van der Waals surface area contributed by atoms with Gasteiger partial charge < -0.3 is 5.32 Å². The molecule has 0 radical (unpaired) electrons.